The van der Waals surface area contributed by atoms with Crippen LogP contribution in [0, 0.1) is 6.92 Å². The number of aliphatic hydroxyl groups is 1. The maximum Gasteiger partial charge on any atom is 0.224 e. The molecule has 1 aromatic rings. The summed E-state index contributed by atoms with van der Waals surface area (Å²) in [7, 11) is 1.78. The number of nitrogens with zero attached hydrogens (tertiary/aromatic N) is 2. The van der Waals surface area contributed by atoms with Gasteiger partial charge in [-0.3, -0.25) is 0 Å². The zero-order valence-corrected chi connectivity index (χ0v) is 10.3. The van der Waals surface area contributed by atoms with Crippen LogP contribution in [-0.2, 0) is 0 Å². The number of aliphatic hydroxyl groups excluding tert-OH is 1. The quantitative estimate of drug-likeness (QED) is 0.705. The topological polar surface area (TPSA) is 70.1 Å². The van der Waals surface area contributed by atoms with Crippen LogP contribution in [0.15, 0.2) is 6.20 Å². The van der Waals surface area contributed by atoms with Gasteiger partial charge >= 0.3 is 0 Å². The Hall–Kier alpha value is -1.36. The minimum atomic E-state index is -0.343. The van der Waals surface area contributed by atoms with E-state index in [1.165, 1.54) is 0 Å². The van der Waals surface area contributed by atoms with Crippen molar-refractivity contribution in [3.05, 3.63) is 11.8 Å². The summed E-state index contributed by atoms with van der Waals surface area (Å²) >= 11 is 0. The molecule has 0 radical (unpaired) electrons. The largest absolute Gasteiger partial charge is 0.394 e. The summed E-state index contributed by atoms with van der Waals surface area (Å²) < 4.78 is 0. The van der Waals surface area contributed by atoms with Crippen molar-refractivity contribution in [3.8, 4) is 0 Å². The Morgan fingerprint density at radius 1 is 1.50 bits per heavy atom. The first kappa shape index (κ1) is 12.7. The third-order valence-corrected chi connectivity index (χ3v) is 2.74. The van der Waals surface area contributed by atoms with Gasteiger partial charge in [0.1, 0.15) is 5.82 Å². The van der Waals surface area contributed by atoms with Crippen molar-refractivity contribution in [3.63, 3.8) is 0 Å². The summed E-state index contributed by atoms with van der Waals surface area (Å²) in [5, 5.41) is 15.5. The molecule has 1 atom stereocenters. The van der Waals surface area contributed by atoms with E-state index < -0.39 is 0 Å². The molecule has 5 heteroatoms. The van der Waals surface area contributed by atoms with Crippen molar-refractivity contribution in [1.82, 2.24) is 9.97 Å². The summed E-state index contributed by atoms with van der Waals surface area (Å²) in [6.07, 6.45) is 2.58. The van der Waals surface area contributed by atoms with Gasteiger partial charge in [0, 0.05) is 18.8 Å². The van der Waals surface area contributed by atoms with E-state index in [1.807, 2.05) is 20.8 Å². The highest BCUT2D eigenvalue weighted by molar-refractivity contribution is 5.48. The average molecular weight is 224 g/mol. The average Bonchev–Trinajstić information content (AvgIpc) is 2.32. The van der Waals surface area contributed by atoms with Crippen LogP contribution < -0.4 is 10.6 Å². The van der Waals surface area contributed by atoms with Crippen molar-refractivity contribution in [1.29, 1.82) is 0 Å². The second kappa shape index (κ2) is 5.12. The molecule has 5 nitrogen and oxygen atoms in total. The van der Waals surface area contributed by atoms with Crippen molar-refractivity contribution in [2.75, 3.05) is 24.3 Å². The molecule has 3 N–H and O–H groups in total. The van der Waals surface area contributed by atoms with Crippen molar-refractivity contribution in [2.24, 2.45) is 0 Å². The fourth-order valence-corrected chi connectivity index (χ4v) is 1.21. The van der Waals surface area contributed by atoms with Crippen LogP contribution in [0.25, 0.3) is 0 Å². The van der Waals surface area contributed by atoms with E-state index in [0.29, 0.717) is 5.95 Å². The van der Waals surface area contributed by atoms with Gasteiger partial charge in [-0.05, 0) is 20.3 Å². The third-order valence-electron chi connectivity index (χ3n) is 2.74. The Morgan fingerprint density at radius 3 is 2.69 bits per heavy atom. The predicted octanol–water partition coefficient (Wildman–Crippen LogP) is 1.40. The van der Waals surface area contributed by atoms with Gasteiger partial charge in [0.05, 0.1) is 12.1 Å². The highest BCUT2D eigenvalue weighted by atomic mass is 16.3. The van der Waals surface area contributed by atoms with Gasteiger partial charge in [0.2, 0.25) is 5.95 Å². The van der Waals surface area contributed by atoms with Gasteiger partial charge in [0.15, 0.2) is 0 Å². The van der Waals surface area contributed by atoms with Gasteiger partial charge in [0.25, 0.3) is 0 Å². The lowest BCUT2D eigenvalue weighted by atomic mass is 10.0. The molecule has 1 aromatic heterocycles. The van der Waals surface area contributed by atoms with E-state index in [9.17, 15) is 5.11 Å². The molecular weight excluding hydrogens is 204 g/mol. The van der Waals surface area contributed by atoms with Crippen LogP contribution in [0.1, 0.15) is 25.8 Å². The van der Waals surface area contributed by atoms with Crippen molar-refractivity contribution < 1.29 is 5.11 Å². The number of hydrogen-bond acceptors (Lipinski definition) is 5. The van der Waals surface area contributed by atoms with Gasteiger partial charge in [-0.15, -0.1) is 0 Å². The Morgan fingerprint density at radius 2 is 2.19 bits per heavy atom. The van der Waals surface area contributed by atoms with E-state index >= 15 is 0 Å². The van der Waals surface area contributed by atoms with Crippen LogP contribution in [-0.4, -0.2) is 34.3 Å². The molecular formula is C11H20N4O. The predicted molar refractivity (Wildman–Crippen MR) is 65.7 cm³/mol. The summed E-state index contributed by atoms with van der Waals surface area (Å²) in [6.45, 7) is 6.00. The van der Waals surface area contributed by atoms with Crippen LogP contribution in [0.3, 0.4) is 0 Å². The summed E-state index contributed by atoms with van der Waals surface area (Å²) in [5.74, 6) is 1.34. The molecule has 0 saturated carbocycles. The molecule has 16 heavy (non-hydrogen) atoms. The molecule has 1 rings (SSSR count). The minimum Gasteiger partial charge on any atom is -0.394 e. The summed E-state index contributed by atoms with van der Waals surface area (Å²) in [6, 6.07) is 0. The van der Waals surface area contributed by atoms with Gasteiger partial charge in [-0.25, -0.2) is 4.98 Å². The molecule has 0 bridgehead atoms. The van der Waals surface area contributed by atoms with E-state index in [1.54, 1.807) is 13.2 Å². The molecule has 0 aromatic carbocycles. The number of nitrogens with one attached hydrogen (secondary N) is 2. The van der Waals surface area contributed by atoms with Crippen molar-refractivity contribution >= 4 is 11.8 Å². The molecule has 0 aliphatic rings. The second-order valence-electron chi connectivity index (χ2n) is 4.17. The fourth-order valence-electron chi connectivity index (χ4n) is 1.21. The first-order chi connectivity index (χ1) is 7.54. The molecule has 1 unspecified atom stereocenters. The zero-order chi connectivity index (χ0) is 12.2. The number of aromatic nitrogens is 2. The van der Waals surface area contributed by atoms with E-state index in [0.717, 1.165) is 17.8 Å². The maximum atomic E-state index is 9.34. The lowest BCUT2D eigenvalue weighted by Crippen LogP contribution is -2.38. The highest BCUT2D eigenvalue weighted by Crippen LogP contribution is 2.20. The second-order valence-corrected chi connectivity index (χ2v) is 4.17. The van der Waals surface area contributed by atoms with Crippen LogP contribution in [0.2, 0.25) is 0 Å². The number of aryl methyl sites for hydroxylation is 1. The zero-order valence-electron chi connectivity index (χ0n) is 10.3. The number of rotatable bonds is 5. The lowest BCUT2D eigenvalue weighted by molar-refractivity contribution is 0.218. The van der Waals surface area contributed by atoms with Gasteiger partial charge < -0.3 is 15.7 Å². The smallest absolute Gasteiger partial charge is 0.224 e. The molecule has 0 aliphatic heterocycles. The van der Waals surface area contributed by atoms with Crippen LogP contribution in [0.4, 0.5) is 11.8 Å². The molecule has 1 heterocycles. The molecule has 0 aliphatic carbocycles. The fraction of sp³-hybridized carbons (Fsp3) is 0.636. The summed E-state index contributed by atoms with van der Waals surface area (Å²) in [5.41, 5.74) is 0.622. The SMILES string of the molecule is CCC(C)(CO)Nc1nc(NC)ncc1C. The molecule has 0 amide bonds. The molecule has 0 saturated heterocycles. The molecule has 0 fully saturated rings. The minimum absolute atomic E-state index is 0.0713. The van der Waals surface area contributed by atoms with Crippen LogP contribution >= 0.6 is 0 Å². The Bertz CT molecular complexity index is 350. The molecule has 0 spiro atoms. The first-order valence-electron chi connectivity index (χ1n) is 5.45. The van der Waals surface area contributed by atoms with Crippen molar-refractivity contribution in [2.45, 2.75) is 32.7 Å². The Labute approximate surface area is 96.3 Å². The summed E-state index contributed by atoms with van der Waals surface area (Å²) in [4.78, 5) is 8.44. The highest BCUT2D eigenvalue weighted by Gasteiger charge is 2.21. The van der Waals surface area contributed by atoms with E-state index in [-0.39, 0.29) is 12.1 Å². The number of hydrogen-bond donors (Lipinski definition) is 3. The normalized spacial score (nSPS) is 14.3. The van der Waals surface area contributed by atoms with E-state index in [4.69, 9.17) is 0 Å². The standard InChI is InChI=1S/C11H20N4O/c1-5-11(3,7-16)15-9-8(2)6-13-10(12-4)14-9/h6,16H,5,7H2,1-4H3,(H2,12,13,14,15). The molecule has 90 valence electrons. The Balaban J connectivity index is 2.95. The monoisotopic (exact) mass is 224 g/mol. The van der Waals surface area contributed by atoms with E-state index in [2.05, 4.69) is 20.6 Å². The lowest BCUT2D eigenvalue weighted by Gasteiger charge is -2.28. The van der Waals surface area contributed by atoms with Gasteiger partial charge in [-0.1, -0.05) is 6.92 Å². The third kappa shape index (κ3) is 2.82. The first-order valence-corrected chi connectivity index (χ1v) is 5.45. The Kier molecular flexibility index (Phi) is 4.06. The maximum absolute atomic E-state index is 9.34. The number of anilines is 2. The van der Waals surface area contributed by atoms with Gasteiger partial charge in [-0.2, -0.15) is 4.98 Å². The van der Waals surface area contributed by atoms with Crippen LogP contribution in [0.5, 0.6) is 0 Å².